The number of hydrogen-bond donors (Lipinski definition) is 1. The second kappa shape index (κ2) is 8.60. The minimum absolute atomic E-state index is 0.0555. The first-order valence-corrected chi connectivity index (χ1v) is 8.74. The van der Waals surface area contributed by atoms with E-state index in [1.807, 2.05) is 25.2 Å². The molecule has 2 heterocycles. The molecule has 0 atom stereocenters. The molecule has 0 radical (unpaired) electrons. The number of nitrogens with one attached hydrogen (secondary N) is 1. The first-order valence-electron chi connectivity index (χ1n) is 8.36. The van der Waals surface area contributed by atoms with Crippen LogP contribution >= 0.6 is 11.6 Å². The maximum atomic E-state index is 13.8. The SMILES string of the molecule is CN(CCc1ccncc1)c1ccc(NC(=O)c2c(F)cccc2Cl)nc1. The van der Waals surface area contributed by atoms with Gasteiger partial charge in [0.15, 0.2) is 0 Å². The number of carbonyl (C=O) groups is 1. The molecule has 2 aromatic heterocycles. The standard InChI is InChI=1S/C20H18ClFN4O/c1-26(12-9-14-7-10-23-11-8-14)15-5-6-18(24-13-15)25-20(27)19-16(21)3-2-4-17(19)22/h2-8,10-11,13H,9,12H2,1H3,(H,24,25,27). The summed E-state index contributed by atoms with van der Waals surface area (Å²) in [5.74, 6) is -0.984. The average molecular weight is 385 g/mol. The van der Waals surface area contributed by atoms with Gasteiger partial charge in [0, 0.05) is 26.0 Å². The lowest BCUT2D eigenvalue weighted by Gasteiger charge is -2.19. The van der Waals surface area contributed by atoms with Gasteiger partial charge in [-0.3, -0.25) is 9.78 Å². The van der Waals surface area contributed by atoms with Gasteiger partial charge in [-0.05, 0) is 48.4 Å². The van der Waals surface area contributed by atoms with Crippen molar-refractivity contribution in [3.8, 4) is 0 Å². The number of anilines is 2. The normalized spacial score (nSPS) is 10.5. The first-order chi connectivity index (χ1) is 13.0. The predicted octanol–water partition coefficient (Wildman–Crippen LogP) is 4.20. The summed E-state index contributed by atoms with van der Waals surface area (Å²) in [4.78, 5) is 22.5. The minimum atomic E-state index is -0.674. The van der Waals surface area contributed by atoms with Crippen molar-refractivity contribution < 1.29 is 9.18 Å². The summed E-state index contributed by atoms with van der Waals surface area (Å²) < 4.78 is 13.8. The Morgan fingerprint density at radius 1 is 1.19 bits per heavy atom. The quantitative estimate of drug-likeness (QED) is 0.692. The van der Waals surface area contributed by atoms with Crippen LogP contribution in [0.5, 0.6) is 0 Å². The van der Waals surface area contributed by atoms with Crippen molar-refractivity contribution in [2.75, 3.05) is 23.8 Å². The largest absolute Gasteiger partial charge is 0.373 e. The summed E-state index contributed by atoms with van der Waals surface area (Å²) in [6, 6.07) is 11.6. The maximum Gasteiger partial charge on any atom is 0.261 e. The van der Waals surface area contributed by atoms with E-state index in [4.69, 9.17) is 11.6 Å². The maximum absolute atomic E-state index is 13.8. The Morgan fingerprint density at radius 3 is 2.63 bits per heavy atom. The van der Waals surface area contributed by atoms with Crippen LogP contribution in [0.25, 0.3) is 0 Å². The monoisotopic (exact) mass is 384 g/mol. The van der Waals surface area contributed by atoms with Crippen molar-refractivity contribution in [3.05, 3.63) is 83.0 Å². The zero-order valence-corrected chi connectivity index (χ0v) is 15.4. The summed E-state index contributed by atoms with van der Waals surface area (Å²) in [5.41, 5.74) is 1.92. The number of benzene rings is 1. The summed E-state index contributed by atoms with van der Waals surface area (Å²) >= 11 is 5.91. The summed E-state index contributed by atoms with van der Waals surface area (Å²) in [6.07, 6.45) is 6.08. The molecule has 0 bridgehead atoms. The number of nitrogens with zero attached hydrogens (tertiary/aromatic N) is 3. The van der Waals surface area contributed by atoms with Gasteiger partial charge in [-0.15, -0.1) is 0 Å². The van der Waals surface area contributed by atoms with Crippen molar-refractivity contribution in [3.63, 3.8) is 0 Å². The molecule has 0 spiro atoms. The molecular weight excluding hydrogens is 367 g/mol. The molecule has 0 unspecified atom stereocenters. The van der Waals surface area contributed by atoms with Crippen molar-refractivity contribution in [2.24, 2.45) is 0 Å². The van der Waals surface area contributed by atoms with Crippen molar-refractivity contribution in [2.45, 2.75) is 6.42 Å². The van der Waals surface area contributed by atoms with Crippen LogP contribution in [-0.2, 0) is 6.42 Å². The Labute approximate surface area is 161 Å². The highest BCUT2D eigenvalue weighted by Gasteiger charge is 2.16. The number of likely N-dealkylation sites (N-methyl/N-ethyl adjacent to an activating group) is 1. The number of amides is 1. The Hall–Kier alpha value is -2.99. The van der Waals surface area contributed by atoms with Gasteiger partial charge < -0.3 is 10.2 Å². The molecule has 0 fully saturated rings. The van der Waals surface area contributed by atoms with E-state index in [0.717, 1.165) is 18.7 Å². The van der Waals surface area contributed by atoms with E-state index in [1.54, 1.807) is 24.7 Å². The van der Waals surface area contributed by atoms with E-state index in [2.05, 4.69) is 20.2 Å². The number of carbonyl (C=O) groups excluding carboxylic acids is 1. The highest BCUT2D eigenvalue weighted by molar-refractivity contribution is 6.34. The average Bonchev–Trinajstić information content (AvgIpc) is 2.67. The van der Waals surface area contributed by atoms with E-state index >= 15 is 0 Å². The van der Waals surface area contributed by atoms with Gasteiger partial charge in [0.2, 0.25) is 0 Å². The van der Waals surface area contributed by atoms with Gasteiger partial charge >= 0.3 is 0 Å². The molecule has 0 aliphatic rings. The van der Waals surface area contributed by atoms with Gasteiger partial charge in [-0.1, -0.05) is 17.7 Å². The molecule has 5 nitrogen and oxygen atoms in total. The summed E-state index contributed by atoms with van der Waals surface area (Å²) in [6.45, 7) is 0.808. The Morgan fingerprint density at radius 2 is 1.96 bits per heavy atom. The molecule has 7 heteroatoms. The molecule has 27 heavy (non-hydrogen) atoms. The van der Waals surface area contributed by atoms with E-state index in [-0.39, 0.29) is 10.6 Å². The number of pyridine rings is 2. The second-order valence-corrected chi connectivity index (χ2v) is 6.39. The topological polar surface area (TPSA) is 58.1 Å². The van der Waals surface area contributed by atoms with Crippen LogP contribution in [0, 0.1) is 5.82 Å². The third-order valence-electron chi connectivity index (χ3n) is 4.11. The number of rotatable bonds is 6. The Kier molecular flexibility index (Phi) is 5.98. The molecule has 1 amide bonds. The van der Waals surface area contributed by atoms with Gasteiger partial charge in [-0.25, -0.2) is 9.37 Å². The Balaban J connectivity index is 1.62. The molecular formula is C20H18ClFN4O. The second-order valence-electron chi connectivity index (χ2n) is 5.98. The highest BCUT2D eigenvalue weighted by Crippen LogP contribution is 2.21. The molecule has 138 valence electrons. The molecule has 1 N–H and O–H groups in total. The van der Waals surface area contributed by atoms with Crippen LogP contribution < -0.4 is 10.2 Å². The van der Waals surface area contributed by atoms with E-state index in [9.17, 15) is 9.18 Å². The fourth-order valence-corrected chi connectivity index (χ4v) is 2.80. The van der Waals surface area contributed by atoms with E-state index < -0.39 is 11.7 Å². The van der Waals surface area contributed by atoms with Crippen LogP contribution in [0.15, 0.2) is 61.1 Å². The van der Waals surface area contributed by atoms with Crippen molar-refractivity contribution in [1.29, 1.82) is 0 Å². The summed E-state index contributed by atoms with van der Waals surface area (Å²) in [5, 5.41) is 2.62. The van der Waals surface area contributed by atoms with Crippen LogP contribution in [0.1, 0.15) is 15.9 Å². The van der Waals surface area contributed by atoms with Gasteiger partial charge in [0.1, 0.15) is 11.6 Å². The zero-order valence-electron chi connectivity index (χ0n) is 14.7. The smallest absolute Gasteiger partial charge is 0.261 e. The lowest BCUT2D eigenvalue weighted by molar-refractivity contribution is 0.102. The van der Waals surface area contributed by atoms with Crippen LogP contribution in [0.2, 0.25) is 5.02 Å². The van der Waals surface area contributed by atoms with Crippen LogP contribution in [-0.4, -0.2) is 29.5 Å². The number of hydrogen-bond acceptors (Lipinski definition) is 4. The van der Waals surface area contributed by atoms with E-state index in [0.29, 0.717) is 5.82 Å². The fraction of sp³-hybridized carbons (Fsp3) is 0.150. The summed E-state index contributed by atoms with van der Waals surface area (Å²) in [7, 11) is 1.97. The van der Waals surface area contributed by atoms with Gasteiger partial charge in [0.25, 0.3) is 5.91 Å². The lowest BCUT2D eigenvalue weighted by atomic mass is 10.2. The lowest BCUT2D eigenvalue weighted by Crippen LogP contribution is -2.21. The molecule has 0 aliphatic carbocycles. The molecule has 0 saturated carbocycles. The molecule has 3 aromatic rings. The number of halogens is 2. The Bertz CT molecular complexity index is 899. The van der Waals surface area contributed by atoms with Crippen molar-refractivity contribution >= 4 is 29.0 Å². The predicted molar refractivity (Wildman–Crippen MR) is 105 cm³/mol. The highest BCUT2D eigenvalue weighted by atomic mass is 35.5. The zero-order chi connectivity index (χ0) is 19.2. The van der Waals surface area contributed by atoms with Crippen molar-refractivity contribution in [1.82, 2.24) is 9.97 Å². The fourth-order valence-electron chi connectivity index (χ4n) is 2.55. The van der Waals surface area contributed by atoms with Gasteiger partial charge in [0.05, 0.1) is 22.5 Å². The molecule has 1 aromatic carbocycles. The van der Waals surface area contributed by atoms with E-state index in [1.165, 1.54) is 23.8 Å². The first kappa shape index (κ1) is 18.8. The van der Waals surface area contributed by atoms with Crippen LogP contribution in [0.3, 0.4) is 0 Å². The number of aromatic nitrogens is 2. The third kappa shape index (κ3) is 4.80. The van der Waals surface area contributed by atoms with Gasteiger partial charge in [-0.2, -0.15) is 0 Å². The molecule has 0 saturated heterocycles. The third-order valence-corrected chi connectivity index (χ3v) is 4.42. The molecule has 3 rings (SSSR count). The van der Waals surface area contributed by atoms with Crippen LogP contribution in [0.4, 0.5) is 15.9 Å². The minimum Gasteiger partial charge on any atom is -0.373 e. The molecule has 0 aliphatic heterocycles.